The fourth-order valence-electron chi connectivity index (χ4n) is 2.04. The molecule has 3 aromatic rings. The van der Waals surface area contributed by atoms with Crippen LogP contribution in [-0.4, -0.2) is 9.97 Å². The van der Waals surface area contributed by atoms with Gasteiger partial charge in [-0.25, -0.2) is 11.7 Å². The summed E-state index contributed by atoms with van der Waals surface area (Å²) in [4.78, 5) is 8.43. The lowest BCUT2D eigenvalue weighted by Crippen LogP contribution is -2.14. The molecule has 0 spiro atoms. The van der Waals surface area contributed by atoms with Crippen molar-refractivity contribution in [1.29, 1.82) is 0 Å². The van der Waals surface area contributed by atoms with E-state index in [0.717, 1.165) is 11.4 Å². The molecule has 0 atom stereocenters. The Morgan fingerprint density at radius 1 is 0.750 bits per heavy atom. The number of benzene rings is 2. The first-order chi connectivity index (χ1) is 11.8. The number of aromatic nitrogens is 2. The van der Waals surface area contributed by atoms with Crippen LogP contribution in [0.1, 0.15) is 0 Å². The third-order valence-corrected chi connectivity index (χ3v) is 3.09. The molecule has 24 heavy (non-hydrogen) atoms. The Hall–Kier alpha value is -3.36. The molecular formula is C16H17N7O. The zero-order valence-electron chi connectivity index (χ0n) is 12.7. The SMILES string of the molecule is NNc1cc(NN)nc(Nc2cccc(Oc3ccccc3)c2)n1. The number of anilines is 4. The summed E-state index contributed by atoms with van der Waals surface area (Å²) in [7, 11) is 0. The number of hydrogen-bond acceptors (Lipinski definition) is 8. The first kappa shape index (κ1) is 15.5. The van der Waals surface area contributed by atoms with Crippen LogP contribution in [0, 0.1) is 0 Å². The summed E-state index contributed by atoms with van der Waals surface area (Å²) >= 11 is 0. The normalized spacial score (nSPS) is 10.1. The molecule has 0 amide bonds. The molecule has 122 valence electrons. The van der Waals surface area contributed by atoms with Crippen molar-refractivity contribution in [3.05, 3.63) is 60.7 Å². The van der Waals surface area contributed by atoms with E-state index in [1.54, 1.807) is 6.07 Å². The molecule has 0 saturated carbocycles. The van der Waals surface area contributed by atoms with Gasteiger partial charge in [0.15, 0.2) is 0 Å². The van der Waals surface area contributed by atoms with E-state index >= 15 is 0 Å². The molecule has 0 fully saturated rings. The van der Waals surface area contributed by atoms with E-state index < -0.39 is 0 Å². The molecule has 7 N–H and O–H groups in total. The van der Waals surface area contributed by atoms with Crippen LogP contribution in [0.25, 0.3) is 0 Å². The number of hydrazine groups is 2. The van der Waals surface area contributed by atoms with Crippen LogP contribution < -0.4 is 32.6 Å². The third-order valence-electron chi connectivity index (χ3n) is 3.09. The Bertz CT molecular complexity index is 788. The maximum absolute atomic E-state index is 5.80. The average Bonchev–Trinajstić information content (AvgIpc) is 2.62. The van der Waals surface area contributed by atoms with Crippen LogP contribution >= 0.6 is 0 Å². The number of nitrogen functional groups attached to an aromatic ring is 2. The minimum atomic E-state index is 0.343. The lowest BCUT2D eigenvalue weighted by molar-refractivity contribution is 0.483. The number of ether oxygens (including phenoxy) is 1. The Morgan fingerprint density at radius 2 is 1.42 bits per heavy atom. The van der Waals surface area contributed by atoms with E-state index in [1.807, 2.05) is 54.6 Å². The average molecular weight is 323 g/mol. The minimum absolute atomic E-state index is 0.343. The van der Waals surface area contributed by atoms with Gasteiger partial charge in [-0.3, -0.25) is 0 Å². The van der Waals surface area contributed by atoms with Crippen molar-refractivity contribution in [3.8, 4) is 11.5 Å². The van der Waals surface area contributed by atoms with Crippen LogP contribution in [0.2, 0.25) is 0 Å². The van der Waals surface area contributed by atoms with Gasteiger partial charge < -0.3 is 20.9 Å². The number of nitrogens with one attached hydrogen (secondary N) is 3. The second kappa shape index (κ2) is 7.27. The zero-order valence-corrected chi connectivity index (χ0v) is 12.7. The second-order valence-corrected chi connectivity index (χ2v) is 4.82. The van der Waals surface area contributed by atoms with E-state index in [2.05, 4.69) is 26.1 Å². The van der Waals surface area contributed by atoms with Crippen LogP contribution in [0.4, 0.5) is 23.3 Å². The number of nitrogens with two attached hydrogens (primary N) is 2. The largest absolute Gasteiger partial charge is 0.457 e. The Balaban J connectivity index is 1.79. The van der Waals surface area contributed by atoms with Gasteiger partial charge in [0.1, 0.15) is 23.1 Å². The molecule has 0 aliphatic rings. The van der Waals surface area contributed by atoms with Crippen molar-refractivity contribution in [1.82, 2.24) is 9.97 Å². The quantitative estimate of drug-likeness (QED) is 0.346. The van der Waals surface area contributed by atoms with E-state index in [-0.39, 0.29) is 0 Å². The lowest BCUT2D eigenvalue weighted by atomic mass is 10.3. The van der Waals surface area contributed by atoms with Crippen LogP contribution in [0.5, 0.6) is 11.5 Å². The monoisotopic (exact) mass is 323 g/mol. The van der Waals surface area contributed by atoms with Gasteiger partial charge in [0.2, 0.25) is 5.95 Å². The van der Waals surface area contributed by atoms with Gasteiger partial charge in [-0.2, -0.15) is 9.97 Å². The maximum atomic E-state index is 5.80. The van der Waals surface area contributed by atoms with E-state index in [4.69, 9.17) is 16.4 Å². The highest BCUT2D eigenvalue weighted by atomic mass is 16.5. The lowest BCUT2D eigenvalue weighted by Gasteiger charge is -2.10. The predicted octanol–water partition coefficient (Wildman–Crippen LogP) is 2.58. The standard InChI is InChI=1S/C16H17N7O/c17-22-14-10-15(23-18)21-16(20-14)19-11-5-4-8-13(9-11)24-12-6-2-1-3-7-12/h1-10H,17-18H2,(H3,19,20,21,22,23). The molecule has 3 rings (SSSR count). The number of nitrogens with zero attached hydrogens (tertiary/aromatic N) is 2. The molecule has 0 radical (unpaired) electrons. The summed E-state index contributed by atoms with van der Waals surface area (Å²) in [6.45, 7) is 0. The molecule has 2 aromatic carbocycles. The van der Waals surface area contributed by atoms with Crippen molar-refractivity contribution in [3.63, 3.8) is 0 Å². The highest BCUT2D eigenvalue weighted by Crippen LogP contribution is 2.25. The van der Waals surface area contributed by atoms with E-state index in [0.29, 0.717) is 23.3 Å². The Kier molecular flexibility index (Phi) is 4.70. The first-order valence-electron chi connectivity index (χ1n) is 7.19. The van der Waals surface area contributed by atoms with Crippen molar-refractivity contribution in [2.24, 2.45) is 11.7 Å². The van der Waals surface area contributed by atoms with E-state index in [9.17, 15) is 0 Å². The van der Waals surface area contributed by atoms with Crippen LogP contribution in [0.15, 0.2) is 60.7 Å². The van der Waals surface area contributed by atoms with Crippen molar-refractivity contribution in [2.75, 3.05) is 16.2 Å². The van der Waals surface area contributed by atoms with Crippen molar-refractivity contribution >= 4 is 23.3 Å². The molecule has 8 heteroatoms. The first-order valence-corrected chi connectivity index (χ1v) is 7.19. The minimum Gasteiger partial charge on any atom is -0.457 e. The fourth-order valence-corrected chi connectivity index (χ4v) is 2.04. The highest BCUT2D eigenvalue weighted by molar-refractivity contribution is 5.60. The summed E-state index contributed by atoms with van der Waals surface area (Å²) < 4.78 is 5.80. The number of hydrogen-bond donors (Lipinski definition) is 5. The smallest absolute Gasteiger partial charge is 0.231 e. The fraction of sp³-hybridized carbons (Fsp3) is 0. The summed E-state index contributed by atoms with van der Waals surface area (Å²) in [6.07, 6.45) is 0. The van der Waals surface area contributed by atoms with Gasteiger partial charge in [0, 0.05) is 17.8 Å². The molecule has 0 aliphatic carbocycles. The predicted molar refractivity (Wildman–Crippen MR) is 93.9 cm³/mol. The molecule has 0 aliphatic heterocycles. The Morgan fingerprint density at radius 3 is 2.08 bits per heavy atom. The summed E-state index contributed by atoms with van der Waals surface area (Å²) in [5, 5.41) is 3.09. The molecule has 1 aromatic heterocycles. The van der Waals surface area contributed by atoms with Gasteiger partial charge in [-0.1, -0.05) is 24.3 Å². The summed E-state index contributed by atoms with van der Waals surface area (Å²) in [5.41, 5.74) is 5.69. The van der Waals surface area contributed by atoms with Gasteiger partial charge in [0.05, 0.1) is 0 Å². The number of para-hydroxylation sites is 1. The van der Waals surface area contributed by atoms with Gasteiger partial charge in [-0.15, -0.1) is 0 Å². The maximum Gasteiger partial charge on any atom is 0.231 e. The van der Waals surface area contributed by atoms with Gasteiger partial charge >= 0.3 is 0 Å². The molecule has 8 nitrogen and oxygen atoms in total. The van der Waals surface area contributed by atoms with Crippen molar-refractivity contribution in [2.45, 2.75) is 0 Å². The Labute approximate surface area is 138 Å². The molecular weight excluding hydrogens is 306 g/mol. The number of rotatable bonds is 6. The van der Waals surface area contributed by atoms with Gasteiger partial charge in [-0.05, 0) is 24.3 Å². The molecule has 0 bridgehead atoms. The summed E-state index contributed by atoms with van der Waals surface area (Å²) in [6, 6.07) is 18.6. The van der Waals surface area contributed by atoms with Gasteiger partial charge in [0.25, 0.3) is 0 Å². The molecule has 1 heterocycles. The zero-order chi connectivity index (χ0) is 16.8. The summed E-state index contributed by atoms with van der Waals surface area (Å²) in [5.74, 6) is 13.4. The molecule has 0 saturated heterocycles. The topological polar surface area (TPSA) is 123 Å². The van der Waals surface area contributed by atoms with Crippen LogP contribution in [-0.2, 0) is 0 Å². The highest BCUT2D eigenvalue weighted by Gasteiger charge is 2.05. The second-order valence-electron chi connectivity index (χ2n) is 4.82. The van der Waals surface area contributed by atoms with Crippen LogP contribution in [0.3, 0.4) is 0 Å². The van der Waals surface area contributed by atoms with E-state index in [1.165, 1.54) is 0 Å². The molecule has 0 unspecified atom stereocenters. The van der Waals surface area contributed by atoms with Crippen molar-refractivity contribution < 1.29 is 4.74 Å². The third kappa shape index (κ3) is 3.88.